The summed E-state index contributed by atoms with van der Waals surface area (Å²) >= 11 is 0. The molecule has 1 heterocycles. The molecular weight excluding hydrogens is 208 g/mol. The third-order valence-electron chi connectivity index (χ3n) is 2.92. The predicted molar refractivity (Wildman–Crippen MR) is 73.4 cm³/mol. The number of aromatic nitrogens is 1. The van der Waals surface area contributed by atoms with Gasteiger partial charge in [0.1, 0.15) is 5.82 Å². The number of nitrogens with zero attached hydrogens (tertiary/aromatic N) is 2. The van der Waals surface area contributed by atoms with Crippen LogP contribution in [0.3, 0.4) is 0 Å². The van der Waals surface area contributed by atoms with Crippen LogP contribution >= 0.6 is 0 Å². The van der Waals surface area contributed by atoms with Crippen molar-refractivity contribution in [2.24, 2.45) is 0 Å². The highest BCUT2D eigenvalue weighted by atomic mass is 15.1. The normalized spacial score (nSPS) is 10.3. The molecule has 0 radical (unpaired) electrons. The molecule has 0 unspecified atom stereocenters. The minimum absolute atomic E-state index is 0.989. The lowest BCUT2D eigenvalue weighted by Crippen LogP contribution is -2.10. The van der Waals surface area contributed by atoms with Gasteiger partial charge in [0.2, 0.25) is 0 Å². The second kappa shape index (κ2) is 5.00. The Hall–Kier alpha value is -1.83. The van der Waals surface area contributed by atoms with Gasteiger partial charge in [-0.05, 0) is 29.7 Å². The highest BCUT2D eigenvalue weighted by Crippen LogP contribution is 2.24. The fourth-order valence-corrected chi connectivity index (χ4v) is 1.92. The number of hydrogen-bond acceptors (Lipinski definition) is 2. The molecule has 2 aromatic rings. The second-order valence-corrected chi connectivity index (χ2v) is 4.31. The third kappa shape index (κ3) is 2.47. The largest absolute Gasteiger partial charge is 0.363 e. The lowest BCUT2D eigenvalue weighted by atomic mass is 10.00. The maximum Gasteiger partial charge on any atom is 0.127 e. The molecule has 2 heteroatoms. The van der Waals surface area contributed by atoms with E-state index in [1.807, 2.05) is 25.2 Å². The van der Waals surface area contributed by atoms with Crippen molar-refractivity contribution in [1.82, 2.24) is 4.98 Å². The quantitative estimate of drug-likeness (QED) is 0.797. The van der Waals surface area contributed by atoms with E-state index in [2.05, 4.69) is 48.3 Å². The lowest BCUT2D eigenvalue weighted by molar-refractivity contribution is 1.07. The van der Waals surface area contributed by atoms with Crippen LogP contribution in [0.5, 0.6) is 0 Å². The topological polar surface area (TPSA) is 16.1 Å². The molecule has 17 heavy (non-hydrogen) atoms. The van der Waals surface area contributed by atoms with Crippen molar-refractivity contribution in [2.75, 3.05) is 19.0 Å². The summed E-state index contributed by atoms with van der Waals surface area (Å²) in [5, 5.41) is 0. The van der Waals surface area contributed by atoms with Crippen molar-refractivity contribution in [2.45, 2.75) is 13.3 Å². The summed E-state index contributed by atoms with van der Waals surface area (Å²) in [7, 11) is 4.00. The lowest BCUT2D eigenvalue weighted by Gasteiger charge is -2.12. The SMILES string of the molecule is CCc1ccccc1-c1ccc(N(C)C)nc1. The van der Waals surface area contributed by atoms with Crippen LogP contribution in [-0.4, -0.2) is 19.1 Å². The van der Waals surface area contributed by atoms with Gasteiger partial charge in [0, 0.05) is 25.9 Å². The predicted octanol–water partition coefficient (Wildman–Crippen LogP) is 3.38. The molecule has 0 fully saturated rings. The smallest absolute Gasteiger partial charge is 0.127 e. The number of anilines is 1. The van der Waals surface area contributed by atoms with E-state index >= 15 is 0 Å². The number of hydrogen-bond donors (Lipinski definition) is 0. The first kappa shape index (κ1) is 11.6. The van der Waals surface area contributed by atoms with Crippen LogP contribution in [0.1, 0.15) is 12.5 Å². The van der Waals surface area contributed by atoms with Crippen LogP contribution < -0.4 is 4.90 Å². The van der Waals surface area contributed by atoms with Crippen molar-refractivity contribution in [1.29, 1.82) is 0 Å². The fraction of sp³-hybridized carbons (Fsp3) is 0.267. The van der Waals surface area contributed by atoms with Gasteiger partial charge in [0.15, 0.2) is 0 Å². The van der Waals surface area contributed by atoms with E-state index in [0.29, 0.717) is 0 Å². The Bertz CT molecular complexity index is 487. The van der Waals surface area contributed by atoms with E-state index in [1.165, 1.54) is 16.7 Å². The Balaban J connectivity index is 2.40. The van der Waals surface area contributed by atoms with E-state index in [9.17, 15) is 0 Å². The van der Waals surface area contributed by atoms with E-state index in [4.69, 9.17) is 0 Å². The third-order valence-corrected chi connectivity index (χ3v) is 2.92. The summed E-state index contributed by atoms with van der Waals surface area (Å²) < 4.78 is 0. The first-order chi connectivity index (χ1) is 8.22. The van der Waals surface area contributed by atoms with E-state index in [1.54, 1.807) is 0 Å². The van der Waals surface area contributed by atoms with Crippen LogP contribution in [0.25, 0.3) is 11.1 Å². The highest BCUT2D eigenvalue weighted by Gasteiger charge is 2.04. The fourth-order valence-electron chi connectivity index (χ4n) is 1.92. The molecule has 0 saturated heterocycles. The first-order valence-electron chi connectivity index (χ1n) is 5.94. The van der Waals surface area contributed by atoms with Crippen LogP contribution in [-0.2, 0) is 6.42 Å². The Morgan fingerprint density at radius 2 is 1.82 bits per heavy atom. The molecule has 1 aromatic carbocycles. The number of aryl methyl sites for hydroxylation is 1. The molecule has 2 nitrogen and oxygen atoms in total. The molecule has 88 valence electrons. The molecule has 0 aliphatic heterocycles. The standard InChI is InChI=1S/C15H18N2/c1-4-12-7-5-6-8-14(12)13-9-10-15(16-11-13)17(2)3/h5-11H,4H2,1-3H3. The van der Waals surface area contributed by atoms with Gasteiger partial charge in [-0.2, -0.15) is 0 Å². The van der Waals surface area contributed by atoms with Crippen LogP contribution in [0.2, 0.25) is 0 Å². The van der Waals surface area contributed by atoms with E-state index in [-0.39, 0.29) is 0 Å². The molecule has 0 aliphatic rings. The molecule has 0 bridgehead atoms. The number of pyridine rings is 1. The van der Waals surface area contributed by atoms with Crippen LogP contribution in [0.15, 0.2) is 42.6 Å². The zero-order valence-electron chi connectivity index (χ0n) is 10.6. The molecule has 0 aliphatic carbocycles. The summed E-state index contributed by atoms with van der Waals surface area (Å²) in [5.41, 5.74) is 3.84. The maximum atomic E-state index is 4.46. The van der Waals surface area contributed by atoms with Crippen molar-refractivity contribution in [3.63, 3.8) is 0 Å². The Morgan fingerprint density at radius 3 is 2.41 bits per heavy atom. The van der Waals surface area contributed by atoms with Crippen LogP contribution in [0.4, 0.5) is 5.82 Å². The first-order valence-corrected chi connectivity index (χ1v) is 5.94. The maximum absolute atomic E-state index is 4.46. The Labute approximate surface area is 103 Å². The minimum Gasteiger partial charge on any atom is -0.363 e. The molecule has 1 aromatic heterocycles. The average molecular weight is 226 g/mol. The van der Waals surface area contributed by atoms with Gasteiger partial charge in [-0.1, -0.05) is 31.2 Å². The molecular formula is C15H18N2. The summed E-state index contributed by atoms with van der Waals surface area (Å²) in [6.07, 6.45) is 3.00. The van der Waals surface area contributed by atoms with E-state index in [0.717, 1.165) is 12.2 Å². The molecule has 0 N–H and O–H groups in total. The zero-order valence-corrected chi connectivity index (χ0v) is 10.6. The summed E-state index contributed by atoms with van der Waals surface area (Å²) in [4.78, 5) is 6.47. The van der Waals surface area contributed by atoms with Gasteiger partial charge in [0.25, 0.3) is 0 Å². The molecule has 0 spiro atoms. The minimum atomic E-state index is 0.989. The van der Waals surface area contributed by atoms with Gasteiger partial charge >= 0.3 is 0 Å². The zero-order chi connectivity index (χ0) is 12.3. The van der Waals surface area contributed by atoms with Gasteiger partial charge < -0.3 is 4.90 Å². The average Bonchev–Trinajstić information content (AvgIpc) is 2.39. The number of rotatable bonds is 3. The molecule has 0 atom stereocenters. The second-order valence-electron chi connectivity index (χ2n) is 4.31. The van der Waals surface area contributed by atoms with Gasteiger partial charge in [-0.25, -0.2) is 4.98 Å². The number of benzene rings is 1. The van der Waals surface area contributed by atoms with Gasteiger partial charge in [0.05, 0.1) is 0 Å². The summed E-state index contributed by atoms with van der Waals surface area (Å²) in [6.45, 7) is 2.18. The molecule has 0 saturated carbocycles. The van der Waals surface area contributed by atoms with Crippen molar-refractivity contribution in [3.05, 3.63) is 48.2 Å². The summed E-state index contributed by atoms with van der Waals surface area (Å²) in [5.74, 6) is 0.989. The summed E-state index contributed by atoms with van der Waals surface area (Å²) in [6, 6.07) is 12.7. The van der Waals surface area contributed by atoms with Crippen molar-refractivity contribution >= 4 is 5.82 Å². The van der Waals surface area contributed by atoms with Gasteiger partial charge in [-0.3, -0.25) is 0 Å². The Kier molecular flexibility index (Phi) is 3.43. The monoisotopic (exact) mass is 226 g/mol. The van der Waals surface area contributed by atoms with Crippen molar-refractivity contribution < 1.29 is 0 Å². The van der Waals surface area contributed by atoms with Crippen molar-refractivity contribution in [3.8, 4) is 11.1 Å². The van der Waals surface area contributed by atoms with Gasteiger partial charge in [-0.15, -0.1) is 0 Å². The highest BCUT2D eigenvalue weighted by molar-refractivity contribution is 5.67. The Morgan fingerprint density at radius 1 is 1.06 bits per heavy atom. The molecule has 0 amide bonds. The molecule has 2 rings (SSSR count). The van der Waals surface area contributed by atoms with Crippen LogP contribution in [0, 0.1) is 0 Å². The van der Waals surface area contributed by atoms with E-state index < -0.39 is 0 Å².